The summed E-state index contributed by atoms with van der Waals surface area (Å²) in [6.07, 6.45) is -5.47. The second kappa shape index (κ2) is 7.54. The summed E-state index contributed by atoms with van der Waals surface area (Å²) in [6.45, 7) is 2.23. The molecule has 7 nitrogen and oxygen atoms in total. The fraction of sp³-hybridized carbons (Fsp3) is 0.500. The molecule has 1 aliphatic rings. The molecule has 1 aliphatic heterocycles. The van der Waals surface area contributed by atoms with Gasteiger partial charge >= 0.3 is 11.9 Å². The molecule has 5 atom stereocenters. The lowest BCUT2D eigenvalue weighted by molar-refractivity contribution is -0.242. The molecule has 23 heavy (non-hydrogen) atoms. The van der Waals surface area contributed by atoms with Gasteiger partial charge in [0.05, 0.1) is 0 Å². The van der Waals surface area contributed by atoms with Gasteiger partial charge in [-0.15, -0.1) is 0 Å². The van der Waals surface area contributed by atoms with E-state index in [4.69, 9.17) is 14.2 Å². The fourth-order valence-electron chi connectivity index (χ4n) is 2.53. The molecule has 7 heteroatoms. The Morgan fingerprint density at radius 2 is 1.74 bits per heavy atom. The Kier molecular flexibility index (Phi) is 5.70. The third-order valence-electron chi connectivity index (χ3n) is 3.57. The first-order valence-electron chi connectivity index (χ1n) is 7.27. The summed E-state index contributed by atoms with van der Waals surface area (Å²) in [4.78, 5) is 22.2. The standard InChI is InChI=1S/C16H20O7/c1-9(17)21-8-12-16(22-10(2)18)14(20)13(19)15(23-12)11-6-4-3-5-7-11/h3-7,12-16,19-20H,8H2,1-2H3/t12-,13+,14-,15-,16-/m1/s1. The molecule has 1 aromatic rings. The third-order valence-corrected chi connectivity index (χ3v) is 3.57. The van der Waals surface area contributed by atoms with E-state index >= 15 is 0 Å². The molecular weight excluding hydrogens is 304 g/mol. The van der Waals surface area contributed by atoms with E-state index in [9.17, 15) is 19.8 Å². The second-order valence-corrected chi connectivity index (χ2v) is 5.36. The zero-order valence-corrected chi connectivity index (χ0v) is 12.9. The van der Waals surface area contributed by atoms with E-state index in [-0.39, 0.29) is 6.61 Å². The van der Waals surface area contributed by atoms with Crippen molar-refractivity contribution in [2.45, 2.75) is 44.4 Å². The predicted octanol–water partition coefficient (Wildman–Crippen LogP) is 0.343. The number of hydrogen-bond donors (Lipinski definition) is 2. The van der Waals surface area contributed by atoms with E-state index in [2.05, 4.69) is 0 Å². The van der Waals surface area contributed by atoms with Crippen molar-refractivity contribution in [3.05, 3.63) is 35.9 Å². The zero-order chi connectivity index (χ0) is 17.0. The van der Waals surface area contributed by atoms with Crippen LogP contribution in [0.1, 0.15) is 25.5 Å². The number of rotatable bonds is 4. The van der Waals surface area contributed by atoms with E-state index in [1.807, 2.05) is 6.07 Å². The Hall–Kier alpha value is -1.96. The van der Waals surface area contributed by atoms with Crippen LogP contribution in [0.3, 0.4) is 0 Å². The van der Waals surface area contributed by atoms with E-state index in [1.165, 1.54) is 13.8 Å². The molecule has 1 fully saturated rings. The number of benzene rings is 1. The Bertz CT molecular complexity index is 545. The lowest BCUT2D eigenvalue weighted by Crippen LogP contribution is -2.57. The second-order valence-electron chi connectivity index (χ2n) is 5.36. The monoisotopic (exact) mass is 324 g/mol. The number of carbonyl (C=O) groups is 2. The van der Waals surface area contributed by atoms with Crippen molar-refractivity contribution >= 4 is 11.9 Å². The molecule has 0 aromatic heterocycles. The van der Waals surface area contributed by atoms with Crippen molar-refractivity contribution in [1.82, 2.24) is 0 Å². The van der Waals surface area contributed by atoms with Gasteiger partial charge in [0.2, 0.25) is 0 Å². The summed E-state index contributed by atoms with van der Waals surface area (Å²) in [6, 6.07) is 8.85. The van der Waals surface area contributed by atoms with Gasteiger partial charge in [0, 0.05) is 13.8 Å². The molecule has 0 spiro atoms. The molecule has 0 aliphatic carbocycles. The van der Waals surface area contributed by atoms with E-state index in [1.54, 1.807) is 24.3 Å². The molecule has 1 saturated heterocycles. The SMILES string of the molecule is CC(=O)OC[C@H]1O[C@H](c2ccccc2)[C@@H](O)[C@@H](O)[C@@H]1OC(C)=O. The van der Waals surface area contributed by atoms with E-state index < -0.39 is 42.5 Å². The van der Waals surface area contributed by atoms with E-state index in [0.29, 0.717) is 5.56 Å². The van der Waals surface area contributed by atoms with Crippen LogP contribution in [0.25, 0.3) is 0 Å². The van der Waals surface area contributed by atoms with Crippen LogP contribution in [0.2, 0.25) is 0 Å². The summed E-state index contributed by atoms with van der Waals surface area (Å²) < 4.78 is 15.7. The molecule has 0 bridgehead atoms. The molecule has 0 unspecified atom stereocenters. The summed E-state index contributed by atoms with van der Waals surface area (Å²) in [5.74, 6) is -1.15. The van der Waals surface area contributed by atoms with Crippen LogP contribution in [0.15, 0.2) is 30.3 Å². The topological polar surface area (TPSA) is 102 Å². The highest BCUT2D eigenvalue weighted by atomic mass is 16.6. The fourth-order valence-corrected chi connectivity index (χ4v) is 2.53. The maximum absolute atomic E-state index is 11.2. The molecule has 1 heterocycles. The molecule has 126 valence electrons. The first-order valence-corrected chi connectivity index (χ1v) is 7.27. The van der Waals surface area contributed by atoms with Crippen molar-refractivity contribution in [3.63, 3.8) is 0 Å². The van der Waals surface area contributed by atoms with Crippen molar-refractivity contribution in [1.29, 1.82) is 0 Å². The number of ether oxygens (including phenoxy) is 3. The first-order chi connectivity index (χ1) is 10.9. The summed E-state index contributed by atoms with van der Waals surface area (Å²) >= 11 is 0. The first kappa shape index (κ1) is 17.4. The van der Waals surface area contributed by atoms with Gasteiger partial charge in [0.1, 0.15) is 31.0 Å². The predicted molar refractivity (Wildman–Crippen MR) is 78.3 cm³/mol. The minimum atomic E-state index is -1.36. The van der Waals surface area contributed by atoms with Crippen LogP contribution in [0.4, 0.5) is 0 Å². The van der Waals surface area contributed by atoms with Crippen LogP contribution >= 0.6 is 0 Å². The molecular formula is C16H20O7. The van der Waals surface area contributed by atoms with Crippen LogP contribution in [-0.4, -0.2) is 53.2 Å². The van der Waals surface area contributed by atoms with Crippen LogP contribution < -0.4 is 0 Å². The van der Waals surface area contributed by atoms with Crippen molar-refractivity contribution in [2.75, 3.05) is 6.61 Å². The van der Waals surface area contributed by atoms with Gasteiger partial charge in [0.15, 0.2) is 6.10 Å². The van der Waals surface area contributed by atoms with Gasteiger partial charge in [-0.05, 0) is 5.56 Å². The number of aliphatic hydroxyl groups is 2. The zero-order valence-electron chi connectivity index (χ0n) is 12.9. The van der Waals surface area contributed by atoms with Gasteiger partial charge in [-0.3, -0.25) is 9.59 Å². The quantitative estimate of drug-likeness (QED) is 0.770. The molecule has 2 N–H and O–H groups in total. The molecule has 1 aromatic carbocycles. The average Bonchev–Trinajstić information content (AvgIpc) is 2.51. The minimum Gasteiger partial charge on any atom is -0.463 e. The Morgan fingerprint density at radius 1 is 1.09 bits per heavy atom. The number of aliphatic hydroxyl groups excluding tert-OH is 2. The van der Waals surface area contributed by atoms with Crippen LogP contribution in [-0.2, 0) is 23.8 Å². The Balaban J connectivity index is 2.22. The average molecular weight is 324 g/mol. The lowest BCUT2D eigenvalue weighted by atomic mass is 9.91. The highest BCUT2D eigenvalue weighted by molar-refractivity contribution is 5.66. The lowest BCUT2D eigenvalue weighted by Gasteiger charge is -2.42. The van der Waals surface area contributed by atoms with Crippen molar-refractivity contribution in [3.8, 4) is 0 Å². The van der Waals surface area contributed by atoms with Crippen molar-refractivity contribution < 1.29 is 34.0 Å². The van der Waals surface area contributed by atoms with Gasteiger partial charge in [-0.1, -0.05) is 30.3 Å². The summed E-state index contributed by atoms with van der Waals surface area (Å²) in [5.41, 5.74) is 0.660. The highest BCUT2D eigenvalue weighted by Crippen LogP contribution is 2.33. The van der Waals surface area contributed by atoms with E-state index in [0.717, 1.165) is 0 Å². The highest BCUT2D eigenvalue weighted by Gasteiger charge is 2.47. The van der Waals surface area contributed by atoms with Crippen LogP contribution in [0, 0.1) is 0 Å². The number of esters is 2. The van der Waals surface area contributed by atoms with Gasteiger partial charge in [-0.2, -0.15) is 0 Å². The van der Waals surface area contributed by atoms with Gasteiger partial charge < -0.3 is 24.4 Å². The largest absolute Gasteiger partial charge is 0.463 e. The molecule has 2 rings (SSSR count). The maximum atomic E-state index is 11.2. The van der Waals surface area contributed by atoms with Gasteiger partial charge in [0.25, 0.3) is 0 Å². The van der Waals surface area contributed by atoms with Gasteiger partial charge in [-0.25, -0.2) is 0 Å². The molecule has 0 saturated carbocycles. The smallest absolute Gasteiger partial charge is 0.303 e. The Labute approximate surface area is 133 Å². The Morgan fingerprint density at radius 3 is 2.30 bits per heavy atom. The number of carbonyl (C=O) groups excluding carboxylic acids is 2. The number of hydrogen-bond acceptors (Lipinski definition) is 7. The third kappa shape index (κ3) is 4.28. The van der Waals surface area contributed by atoms with Crippen LogP contribution in [0.5, 0.6) is 0 Å². The maximum Gasteiger partial charge on any atom is 0.303 e. The minimum absolute atomic E-state index is 0.194. The molecule has 0 amide bonds. The normalized spacial score (nSPS) is 30.5. The van der Waals surface area contributed by atoms with Crippen molar-refractivity contribution in [2.24, 2.45) is 0 Å². The summed E-state index contributed by atoms with van der Waals surface area (Å²) in [5, 5.41) is 20.6. The molecule has 0 radical (unpaired) electrons. The summed E-state index contributed by atoms with van der Waals surface area (Å²) in [7, 11) is 0.